The minimum atomic E-state index is -0.480. The number of rotatable bonds is 9. The van der Waals surface area contributed by atoms with Crippen LogP contribution in [-0.4, -0.2) is 56.9 Å². The minimum Gasteiger partial charge on any atom is -0.466 e. The molecule has 2 aliphatic rings. The number of esters is 1. The first kappa shape index (κ1) is 23.0. The molecule has 0 radical (unpaired) electrons. The standard InChI is InChI=1S/C10H18O4.C9H16O3/c1-3-12-9(11)5-4-6-10(2)13-7-8-14-10;1-8(7-10)3-4-9(2)11-5-6-12-9/h3-8H2,1-2H3;7-8H,3-6H2,1-2H3. The maximum Gasteiger partial charge on any atom is 0.305 e. The Morgan fingerprint density at radius 2 is 1.54 bits per heavy atom. The van der Waals surface area contributed by atoms with Crippen molar-refractivity contribution in [2.24, 2.45) is 5.92 Å². The van der Waals surface area contributed by atoms with Gasteiger partial charge in [0.05, 0.1) is 33.0 Å². The van der Waals surface area contributed by atoms with Gasteiger partial charge in [-0.05, 0) is 33.6 Å². The molecule has 2 aliphatic heterocycles. The van der Waals surface area contributed by atoms with E-state index in [4.69, 9.17) is 23.7 Å². The summed E-state index contributed by atoms with van der Waals surface area (Å²) in [6.45, 7) is 10.6. The van der Waals surface area contributed by atoms with Crippen LogP contribution in [0.15, 0.2) is 0 Å². The Hall–Kier alpha value is -1.02. The molecule has 7 heteroatoms. The van der Waals surface area contributed by atoms with Gasteiger partial charge in [-0.15, -0.1) is 0 Å². The van der Waals surface area contributed by atoms with Gasteiger partial charge in [-0.25, -0.2) is 0 Å². The fraction of sp³-hybridized carbons (Fsp3) is 0.895. The number of aldehydes is 1. The van der Waals surface area contributed by atoms with Gasteiger partial charge in [-0.2, -0.15) is 0 Å². The Bertz CT molecular complexity index is 412. The third kappa shape index (κ3) is 9.07. The smallest absolute Gasteiger partial charge is 0.305 e. The van der Waals surface area contributed by atoms with Crippen molar-refractivity contribution in [3.63, 3.8) is 0 Å². The van der Waals surface area contributed by atoms with Gasteiger partial charge < -0.3 is 28.5 Å². The van der Waals surface area contributed by atoms with Gasteiger partial charge in [0.1, 0.15) is 6.29 Å². The van der Waals surface area contributed by atoms with Crippen molar-refractivity contribution in [2.45, 2.75) is 71.4 Å². The molecule has 152 valence electrons. The number of hydrogen-bond donors (Lipinski definition) is 0. The van der Waals surface area contributed by atoms with Crippen molar-refractivity contribution >= 4 is 12.3 Å². The highest BCUT2D eigenvalue weighted by Crippen LogP contribution is 2.26. The molecule has 0 aromatic heterocycles. The van der Waals surface area contributed by atoms with Crippen LogP contribution < -0.4 is 0 Å². The second-order valence-corrected chi connectivity index (χ2v) is 6.97. The summed E-state index contributed by atoms with van der Waals surface area (Å²) in [4.78, 5) is 21.3. The van der Waals surface area contributed by atoms with Gasteiger partial charge in [0.25, 0.3) is 0 Å². The van der Waals surface area contributed by atoms with E-state index in [1.165, 1.54) is 0 Å². The molecule has 0 amide bonds. The van der Waals surface area contributed by atoms with Crippen molar-refractivity contribution in [1.29, 1.82) is 0 Å². The van der Waals surface area contributed by atoms with Gasteiger partial charge >= 0.3 is 5.97 Å². The Morgan fingerprint density at radius 1 is 1.04 bits per heavy atom. The summed E-state index contributed by atoms with van der Waals surface area (Å²) in [7, 11) is 0. The van der Waals surface area contributed by atoms with Crippen LogP contribution in [0.5, 0.6) is 0 Å². The number of carbonyl (C=O) groups excluding carboxylic acids is 2. The van der Waals surface area contributed by atoms with E-state index in [-0.39, 0.29) is 11.9 Å². The van der Waals surface area contributed by atoms with Crippen LogP contribution in [0.1, 0.15) is 59.8 Å². The lowest BCUT2D eigenvalue weighted by Gasteiger charge is -2.22. The minimum absolute atomic E-state index is 0.106. The molecule has 0 aromatic rings. The second-order valence-electron chi connectivity index (χ2n) is 6.97. The molecule has 0 bridgehead atoms. The van der Waals surface area contributed by atoms with Crippen LogP contribution >= 0.6 is 0 Å². The van der Waals surface area contributed by atoms with E-state index in [1.807, 2.05) is 27.7 Å². The average molecular weight is 374 g/mol. The largest absolute Gasteiger partial charge is 0.466 e. The zero-order chi connectivity index (χ0) is 19.5. The zero-order valence-corrected chi connectivity index (χ0v) is 16.6. The molecule has 0 spiro atoms. The Balaban J connectivity index is 0.000000263. The summed E-state index contributed by atoms with van der Waals surface area (Å²) in [5, 5.41) is 0. The fourth-order valence-electron chi connectivity index (χ4n) is 2.75. The van der Waals surface area contributed by atoms with E-state index in [9.17, 15) is 9.59 Å². The van der Waals surface area contributed by atoms with Crippen molar-refractivity contribution in [2.75, 3.05) is 33.0 Å². The van der Waals surface area contributed by atoms with Crippen LogP contribution in [0.3, 0.4) is 0 Å². The molecule has 7 nitrogen and oxygen atoms in total. The van der Waals surface area contributed by atoms with E-state index in [1.54, 1.807) is 0 Å². The third-order valence-corrected chi connectivity index (χ3v) is 4.40. The maximum absolute atomic E-state index is 11.0. The molecule has 2 fully saturated rings. The normalized spacial score (nSPS) is 21.5. The highest BCUT2D eigenvalue weighted by atomic mass is 16.7. The quantitative estimate of drug-likeness (QED) is 0.453. The van der Waals surface area contributed by atoms with E-state index < -0.39 is 11.6 Å². The predicted molar refractivity (Wildman–Crippen MR) is 95.6 cm³/mol. The first-order chi connectivity index (χ1) is 12.3. The first-order valence-corrected chi connectivity index (χ1v) is 9.49. The highest BCUT2D eigenvalue weighted by Gasteiger charge is 2.31. The molecule has 26 heavy (non-hydrogen) atoms. The summed E-state index contributed by atoms with van der Waals surface area (Å²) < 4.78 is 26.4. The van der Waals surface area contributed by atoms with E-state index in [2.05, 4.69) is 0 Å². The van der Waals surface area contributed by atoms with Crippen LogP contribution in [0, 0.1) is 5.92 Å². The molecular weight excluding hydrogens is 340 g/mol. The van der Waals surface area contributed by atoms with Crippen molar-refractivity contribution in [1.82, 2.24) is 0 Å². The van der Waals surface area contributed by atoms with Crippen LogP contribution in [-0.2, 0) is 33.3 Å². The van der Waals surface area contributed by atoms with E-state index in [0.717, 1.165) is 32.0 Å². The predicted octanol–water partition coefficient (Wildman–Crippen LogP) is 2.85. The van der Waals surface area contributed by atoms with Gasteiger partial charge in [0, 0.05) is 25.2 Å². The summed E-state index contributed by atoms with van der Waals surface area (Å²) in [6.07, 6.45) is 4.53. The number of hydrogen-bond acceptors (Lipinski definition) is 7. The fourth-order valence-corrected chi connectivity index (χ4v) is 2.75. The SMILES string of the molecule is CC(C=O)CCC1(C)OCCO1.CCOC(=O)CCCC1(C)OCCO1. The number of carbonyl (C=O) groups is 2. The lowest BCUT2D eigenvalue weighted by molar-refractivity contribution is -0.152. The first-order valence-electron chi connectivity index (χ1n) is 9.49. The third-order valence-electron chi connectivity index (χ3n) is 4.40. The summed E-state index contributed by atoms with van der Waals surface area (Å²) in [5.41, 5.74) is 0. The lowest BCUT2D eigenvalue weighted by Crippen LogP contribution is -2.26. The van der Waals surface area contributed by atoms with Crippen LogP contribution in [0.2, 0.25) is 0 Å². The van der Waals surface area contributed by atoms with Gasteiger partial charge in [-0.3, -0.25) is 4.79 Å². The highest BCUT2D eigenvalue weighted by molar-refractivity contribution is 5.69. The maximum atomic E-state index is 11.0. The van der Waals surface area contributed by atoms with Crippen molar-refractivity contribution in [3.05, 3.63) is 0 Å². The Morgan fingerprint density at radius 3 is 2.00 bits per heavy atom. The molecule has 0 aliphatic carbocycles. The molecule has 2 rings (SSSR count). The molecule has 0 N–H and O–H groups in total. The topological polar surface area (TPSA) is 80.3 Å². The van der Waals surface area contributed by atoms with Crippen LogP contribution in [0.25, 0.3) is 0 Å². The Kier molecular flexibility index (Phi) is 10.3. The van der Waals surface area contributed by atoms with Crippen molar-refractivity contribution in [3.8, 4) is 0 Å². The molecule has 0 aromatic carbocycles. The summed E-state index contributed by atoms with van der Waals surface area (Å²) in [5.74, 6) is -0.951. The van der Waals surface area contributed by atoms with Gasteiger partial charge in [0.2, 0.25) is 0 Å². The molecule has 1 atom stereocenters. The number of ether oxygens (including phenoxy) is 5. The monoisotopic (exact) mass is 374 g/mol. The lowest BCUT2D eigenvalue weighted by atomic mass is 10.0. The summed E-state index contributed by atoms with van der Waals surface area (Å²) >= 11 is 0. The molecule has 1 unspecified atom stereocenters. The zero-order valence-electron chi connectivity index (χ0n) is 16.6. The Labute approximate surface area is 156 Å². The van der Waals surface area contributed by atoms with E-state index >= 15 is 0 Å². The van der Waals surface area contributed by atoms with Gasteiger partial charge in [0.15, 0.2) is 11.6 Å². The van der Waals surface area contributed by atoms with Crippen LogP contribution in [0.4, 0.5) is 0 Å². The second kappa shape index (κ2) is 11.6. The molecule has 0 saturated carbocycles. The van der Waals surface area contributed by atoms with Gasteiger partial charge in [-0.1, -0.05) is 6.92 Å². The average Bonchev–Trinajstić information content (AvgIpc) is 3.23. The van der Waals surface area contributed by atoms with Crippen molar-refractivity contribution < 1.29 is 33.3 Å². The molecular formula is C19H34O7. The van der Waals surface area contributed by atoms with E-state index in [0.29, 0.717) is 39.5 Å². The molecule has 2 saturated heterocycles. The molecule has 2 heterocycles. The summed E-state index contributed by atoms with van der Waals surface area (Å²) in [6, 6.07) is 0.